The van der Waals surface area contributed by atoms with Gasteiger partial charge in [-0.2, -0.15) is 0 Å². The van der Waals surface area contributed by atoms with Crippen molar-refractivity contribution >= 4 is 27.6 Å². The van der Waals surface area contributed by atoms with Gasteiger partial charge in [-0.3, -0.25) is 23.2 Å². The number of ether oxygens (including phenoxy) is 2. The zero-order valence-electron chi connectivity index (χ0n) is 40.9. The van der Waals surface area contributed by atoms with Gasteiger partial charge in [0.25, 0.3) is 0 Å². The van der Waals surface area contributed by atoms with E-state index in [1.807, 2.05) is 36.5 Å². The molecule has 8 N–H and O–H groups in total. The van der Waals surface area contributed by atoms with Crippen LogP contribution in [0.1, 0.15) is 187 Å². The fourth-order valence-corrected chi connectivity index (χ4v) is 9.05. The van der Waals surface area contributed by atoms with E-state index in [4.69, 9.17) is 18.5 Å². The lowest BCUT2D eigenvalue weighted by atomic mass is 9.85. The number of unbranched alkanes of at least 4 members (excludes halogenated alkanes) is 20. The fraction of sp³-hybridized carbons (Fsp3) is 0.796. The molecule has 1 fully saturated rings. The van der Waals surface area contributed by atoms with Gasteiger partial charge in [0.2, 0.25) is 0 Å². The highest BCUT2D eigenvalue weighted by Crippen LogP contribution is 2.49. The Morgan fingerprint density at radius 3 is 1.62 bits per heavy atom. The van der Waals surface area contributed by atoms with Gasteiger partial charge in [0.15, 0.2) is 6.10 Å². The monoisotopic (exact) mass is 1010 g/mol. The molecule has 68 heavy (non-hydrogen) atoms. The van der Waals surface area contributed by atoms with Gasteiger partial charge in [0.1, 0.15) is 43.2 Å². The normalized spacial score (nSPS) is 22.1. The number of hydrogen-bond acceptors (Lipinski definition) is 14. The van der Waals surface area contributed by atoms with Crippen LogP contribution in [0.4, 0.5) is 0 Å². The van der Waals surface area contributed by atoms with Gasteiger partial charge in [0, 0.05) is 12.8 Å². The summed E-state index contributed by atoms with van der Waals surface area (Å²) in [6.07, 6.45) is 26.6. The van der Waals surface area contributed by atoms with Gasteiger partial charge in [-0.05, 0) is 44.9 Å². The highest BCUT2D eigenvalue weighted by Gasteiger charge is 2.54. The third-order valence-corrected chi connectivity index (χ3v) is 13.0. The molecule has 0 saturated heterocycles. The van der Waals surface area contributed by atoms with Gasteiger partial charge in [-0.1, -0.05) is 178 Å². The number of hydrogen-bond donors (Lipinski definition) is 8. The van der Waals surface area contributed by atoms with Crippen molar-refractivity contribution in [3.8, 4) is 0 Å². The lowest BCUT2D eigenvalue weighted by Crippen LogP contribution is -2.64. The Kier molecular flexibility index (Phi) is 37.2. The Balaban J connectivity index is 2.62. The predicted octanol–water partition coefficient (Wildman–Crippen LogP) is 9.04. The topological polar surface area (TPSA) is 276 Å². The van der Waals surface area contributed by atoms with Crippen LogP contribution < -0.4 is 0 Å². The molecule has 0 bridgehead atoms. The maximum atomic E-state index is 13.0. The minimum absolute atomic E-state index is 0.0115. The minimum Gasteiger partial charge on any atom is -0.462 e. The van der Waals surface area contributed by atoms with Crippen molar-refractivity contribution in [2.45, 2.75) is 236 Å². The van der Waals surface area contributed by atoms with Crippen LogP contribution in [0.3, 0.4) is 0 Å². The van der Waals surface area contributed by atoms with Crippen LogP contribution in [0, 0.1) is 0 Å². The van der Waals surface area contributed by atoms with E-state index in [2.05, 4.69) is 24.4 Å². The molecule has 9 atom stereocenters. The van der Waals surface area contributed by atoms with Crippen molar-refractivity contribution in [2.24, 2.45) is 0 Å². The number of aliphatic hydroxyl groups is 5. The van der Waals surface area contributed by atoms with Gasteiger partial charge >= 0.3 is 27.6 Å². The van der Waals surface area contributed by atoms with E-state index >= 15 is 0 Å². The van der Waals surface area contributed by atoms with Crippen LogP contribution in [-0.2, 0) is 41.8 Å². The smallest absolute Gasteiger partial charge is 0.462 e. The zero-order valence-corrected chi connectivity index (χ0v) is 42.7. The van der Waals surface area contributed by atoms with E-state index in [1.54, 1.807) is 6.08 Å². The minimum atomic E-state index is -5.38. The van der Waals surface area contributed by atoms with Crippen molar-refractivity contribution in [2.75, 3.05) is 13.2 Å². The first-order valence-electron chi connectivity index (χ1n) is 25.3. The Hall–Kier alpha value is -2.08. The van der Waals surface area contributed by atoms with Crippen molar-refractivity contribution in [1.82, 2.24) is 0 Å². The van der Waals surface area contributed by atoms with E-state index in [1.165, 1.54) is 89.9 Å². The van der Waals surface area contributed by atoms with E-state index in [0.29, 0.717) is 32.1 Å². The Morgan fingerprint density at radius 2 is 1.04 bits per heavy atom. The number of phosphoric ester groups is 2. The van der Waals surface area contributed by atoms with Crippen molar-refractivity contribution in [1.29, 1.82) is 0 Å². The van der Waals surface area contributed by atoms with E-state index < -0.39 is 89.6 Å². The Bertz CT molecular complexity index is 1520. The summed E-state index contributed by atoms with van der Waals surface area (Å²) in [5, 5.41) is 51.4. The van der Waals surface area contributed by atoms with Crippen molar-refractivity contribution in [3.63, 3.8) is 0 Å². The lowest BCUT2D eigenvalue weighted by Gasteiger charge is -2.43. The molecule has 0 heterocycles. The molecule has 1 saturated carbocycles. The molecular weight excluding hydrogens is 922 g/mol. The SMILES string of the molecule is CCCCC/C=C\C=C/[C@@H](O)C/C=C\C/C=C/CCCC(=O)OC[C@H](COP(=O)(O)O[C@H]1C(O)C(O)C(O)[C@@H](OP(=O)(O)O)C1O)OC(=O)CCCCCCCCCCCCCCCCCCC. The van der Waals surface area contributed by atoms with Gasteiger partial charge in [0.05, 0.1) is 12.7 Å². The molecule has 17 nitrogen and oxygen atoms in total. The number of allylic oxidation sites excluding steroid dienone is 6. The second-order valence-corrected chi connectivity index (χ2v) is 20.3. The molecule has 0 spiro atoms. The molecule has 0 aromatic rings. The Morgan fingerprint density at radius 1 is 0.544 bits per heavy atom. The quantitative estimate of drug-likeness (QED) is 0.00931. The predicted molar refractivity (Wildman–Crippen MR) is 261 cm³/mol. The molecule has 0 aromatic heterocycles. The number of aliphatic hydroxyl groups excluding tert-OH is 5. The summed E-state index contributed by atoms with van der Waals surface area (Å²) < 4.78 is 49.4. The average molecular weight is 1010 g/mol. The second-order valence-electron chi connectivity index (χ2n) is 17.7. The third-order valence-electron chi connectivity index (χ3n) is 11.5. The molecule has 396 valence electrons. The molecular formula is C49H88O17P2. The number of carbonyl (C=O) groups excluding carboxylic acids is 2. The molecule has 0 aliphatic heterocycles. The maximum absolute atomic E-state index is 13.0. The standard InChI is InChI=1S/C49H88O17P2/c1-3-5-7-9-11-12-13-14-15-16-17-18-19-20-24-29-33-37-43(52)64-41(39-63-68(60,61)66-49-46(55)44(53)45(54)48(47(49)56)65-67(57,58)59)38-62-42(51)36-32-28-25-21-23-27-31-35-40(50)34-30-26-22-10-8-6-4-2/h21-22,25-27,30-31,34,40-41,44-50,53-56H,3-20,23-24,28-29,32-33,35-39H2,1-2H3,(H,60,61)(H2,57,58,59)/b25-21+,26-22-,31-27-,34-30-/t40-,41-,44?,45?,46?,47?,48-,49+/m1/s1. The summed E-state index contributed by atoms with van der Waals surface area (Å²) in [5.74, 6) is -1.31. The first kappa shape index (κ1) is 63.9. The molecule has 19 heteroatoms. The van der Waals surface area contributed by atoms with Crippen molar-refractivity contribution in [3.05, 3.63) is 48.6 Å². The molecule has 0 aromatic carbocycles. The van der Waals surface area contributed by atoms with Crippen LogP contribution in [0.15, 0.2) is 48.6 Å². The highest BCUT2D eigenvalue weighted by molar-refractivity contribution is 7.47. The third kappa shape index (κ3) is 33.5. The molecule has 5 unspecified atom stereocenters. The van der Waals surface area contributed by atoms with Gasteiger partial charge < -0.3 is 49.7 Å². The fourth-order valence-electron chi connectivity index (χ4n) is 7.51. The number of carbonyl (C=O) groups is 2. The molecule has 0 amide bonds. The lowest BCUT2D eigenvalue weighted by molar-refractivity contribution is -0.216. The van der Waals surface area contributed by atoms with Crippen molar-refractivity contribution < 1.29 is 82.0 Å². The van der Waals surface area contributed by atoms with Crippen LogP contribution in [-0.4, -0.2) is 114 Å². The largest absolute Gasteiger partial charge is 0.472 e. The van der Waals surface area contributed by atoms with E-state index in [0.717, 1.165) is 38.5 Å². The summed E-state index contributed by atoms with van der Waals surface area (Å²) in [4.78, 5) is 54.4. The summed E-state index contributed by atoms with van der Waals surface area (Å²) in [5.41, 5.74) is 0. The van der Waals surface area contributed by atoms with Crippen LogP contribution in [0.2, 0.25) is 0 Å². The summed E-state index contributed by atoms with van der Waals surface area (Å²) in [6.45, 7) is 2.98. The van der Waals surface area contributed by atoms with Crippen LogP contribution >= 0.6 is 15.6 Å². The first-order chi connectivity index (χ1) is 32.5. The number of esters is 2. The highest BCUT2D eigenvalue weighted by atomic mass is 31.2. The number of rotatable bonds is 42. The first-order valence-corrected chi connectivity index (χ1v) is 28.3. The summed E-state index contributed by atoms with van der Waals surface area (Å²) in [7, 11) is -10.7. The van der Waals surface area contributed by atoms with E-state index in [9.17, 15) is 58.9 Å². The second kappa shape index (κ2) is 39.5. The molecule has 0 radical (unpaired) electrons. The molecule has 1 aliphatic carbocycles. The van der Waals surface area contributed by atoms with E-state index in [-0.39, 0.29) is 12.8 Å². The number of phosphoric acid groups is 2. The molecule has 1 rings (SSSR count). The Labute approximate surface area is 406 Å². The van der Waals surface area contributed by atoms with Crippen LogP contribution in [0.5, 0.6) is 0 Å². The summed E-state index contributed by atoms with van der Waals surface area (Å²) in [6, 6.07) is 0. The van der Waals surface area contributed by atoms with Crippen LogP contribution in [0.25, 0.3) is 0 Å². The molecule has 1 aliphatic rings. The maximum Gasteiger partial charge on any atom is 0.472 e. The average Bonchev–Trinajstić information content (AvgIpc) is 3.29. The van der Waals surface area contributed by atoms with Gasteiger partial charge in [-0.15, -0.1) is 0 Å². The van der Waals surface area contributed by atoms with Gasteiger partial charge in [-0.25, -0.2) is 9.13 Å². The zero-order chi connectivity index (χ0) is 50.5. The summed E-state index contributed by atoms with van der Waals surface area (Å²) >= 11 is 0.